The first-order chi connectivity index (χ1) is 11.5. The third-order valence-corrected chi connectivity index (χ3v) is 5.62. The third kappa shape index (κ3) is 4.45. The minimum absolute atomic E-state index is 0.0569. The molecule has 1 saturated heterocycles. The molecule has 0 bridgehead atoms. The molecule has 0 aromatic heterocycles. The molecule has 2 rings (SSSR count). The summed E-state index contributed by atoms with van der Waals surface area (Å²) in [6.45, 7) is 13.1. The van der Waals surface area contributed by atoms with Crippen molar-refractivity contribution in [2.45, 2.75) is 52.1 Å². The van der Waals surface area contributed by atoms with Crippen molar-refractivity contribution in [3.8, 4) is 5.75 Å². The summed E-state index contributed by atoms with van der Waals surface area (Å²) in [5.74, 6) is 1.67. The van der Waals surface area contributed by atoms with Gasteiger partial charge in [-0.3, -0.25) is 9.69 Å². The largest absolute Gasteiger partial charge is 0.493 e. The number of nitrogens with zero attached hydrogens (tertiary/aromatic N) is 2. The molecule has 0 saturated carbocycles. The maximum Gasteiger partial charge on any atom is 0.233 e. The molecule has 0 spiro atoms. The highest BCUT2D eigenvalue weighted by molar-refractivity contribution is 8.00. The van der Waals surface area contributed by atoms with E-state index in [9.17, 15) is 4.79 Å². The topological polar surface area (TPSA) is 32.8 Å². The molecular formula is C19H30N2O2S. The fraction of sp³-hybridized carbons (Fsp3) is 0.632. The van der Waals surface area contributed by atoms with Crippen LogP contribution < -0.4 is 4.74 Å². The number of hydrogen-bond donors (Lipinski definition) is 0. The molecule has 134 valence electrons. The summed E-state index contributed by atoms with van der Waals surface area (Å²) in [6, 6.07) is 9.04. The molecule has 1 aliphatic heterocycles. The number of carbonyl (C=O) groups is 1. The zero-order valence-electron chi connectivity index (χ0n) is 15.5. The van der Waals surface area contributed by atoms with Gasteiger partial charge in [-0.15, -0.1) is 11.8 Å². The lowest BCUT2D eigenvalue weighted by atomic mass is 10.1. The van der Waals surface area contributed by atoms with E-state index in [2.05, 4.69) is 38.7 Å². The Morgan fingerprint density at radius 2 is 1.92 bits per heavy atom. The van der Waals surface area contributed by atoms with Crippen molar-refractivity contribution < 1.29 is 9.53 Å². The lowest BCUT2D eigenvalue weighted by Gasteiger charge is -2.33. The molecule has 4 nitrogen and oxygen atoms in total. The summed E-state index contributed by atoms with van der Waals surface area (Å²) in [4.78, 5) is 16.9. The molecule has 0 radical (unpaired) electrons. The van der Waals surface area contributed by atoms with E-state index < -0.39 is 0 Å². The van der Waals surface area contributed by atoms with Crippen molar-refractivity contribution in [3.63, 3.8) is 0 Å². The molecule has 1 fully saturated rings. The standard InChI is InChI=1S/C19H30N2O2S/c1-6-23-17-10-8-7-9-16(17)19-21(18(22)13-24-19)12-11-20(14(2)3)15(4)5/h7-10,14-15,19H,6,11-13H2,1-5H3. The van der Waals surface area contributed by atoms with Crippen LogP contribution in [0.25, 0.3) is 0 Å². The number of ether oxygens (including phenoxy) is 1. The lowest BCUT2D eigenvalue weighted by Crippen LogP contribution is -2.43. The van der Waals surface area contributed by atoms with E-state index in [1.54, 1.807) is 11.8 Å². The van der Waals surface area contributed by atoms with E-state index >= 15 is 0 Å². The Hall–Kier alpha value is -1.20. The molecule has 24 heavy (non-hydrogen) atoms. The number of benzene rings is 1. The van der Waals surface area contributed by atoms with Crippen LogP contribution in [-0.2, 0) is 4.79 Å². The van der Waals surface area contributed by atoms with Gasteiger partial charge in [0, 0.05) is 30.7 Å². The van der Waals surface area contributed by atoms with Crippen molar-refractivity contribution in [2.24, 2.45) is 0 Å². The number of rotatable bonds is 8. The summed E-state index contributed by atoms with van der Waals surface area (Å²) < 4.78 is 5.77. The van der Waals surface area contributed by atoms with Crippen molar-refractivity contribution in [3.05, 3.63) is 29.8 Å². The highest BCUT2D eigenvalue weighted by Crippen LogP contribution is 2.42. The van der Waals surface area contributed by atoms with Gasteiger partial charge in [0.25, 0.3) is 0 Å². The van der Waals surface area contributed by atoms with Crippen LogP contribution in [0.2, 0.25) is 0 Å². The molecule has 5 heteroatoms. The normalized spacial score (nSPS) is 18.2. The maximum absolute atomic E-state index is 12.4. The molecule has 1 aromatic rings. The zero-order chi connectivity index (χ0) is 17.7. The van der Waals surface area contributed by atoms with Gasteiger partial charge in [0.15, 0.2) is 0 Å². The summed E-state index contributed by atoms with van der Waals surface area (Å²) in [6.07, 6.45) is 0. The summed E-state index contributed by atoms with van der Waals surface area (Å²) in [5.41, 5.74) is 1.11. The fourth-order valence-electron chi connectivity index (χ4n) is 3.26. The van der Waals surface area contributed by atoms with Gasteiger partial charge < -0.3 is 9.64 Å². The Bertz CT molecular complexity index is 540. The molecule has 1 unspecified atom stereocenters. The molecule has 1 heterocycles. The Labute approximate surface area is 150 Å². The smallest absolute Gasteiger partial charge is 0.233 e. The fourth-order valence-corrected chi connectivity index (χ4v) is 4.50. The third-order valence-electron chi connectivity index (χ3n) is 4.38. The second-order valence-corrected chi connectivity index (χ2v) is 7.72. The summed E-state index contributed by atoms with van der Waals surface area (Å²) in [5, 5.41) is 0.0569. The Kier molecular flexibility index (Phi) is 6.99. The van der Waals surface area contributed by atoms with Gasteiger partial charge in [-0.2, -0.15) is 0 Å². The number of thioether (sulfide) groups is 1. The van der Waals surface area contributed by atoms with E-state index in [4.69, 9.17) is 4.74 Å². The highest BCUT2D eigenvalue weighted by atomic mass is 32.2. The quantitative estimate of drug-likeness (QED) is 0.714. The summed E-state index contributed by atoms with van der Waals surface area (Å²) >= 11 is 1.70. The monoisotopic (exact) mass is 350 g/mol. The van der Waals surface area contributed by atoms with Crippen LogP contribution in [-0.4, -0.2) is 53.2 Å². The Morgan fingerprint density at radius 3 is 2.54 bits per heavy atom. The van der Waals surface area contributed by atoms with Crippen LogP contribution in [0.5, 0.6) is 5.75 Å². The average molecular weight is 351 g/mol. The first kappa shape index (κ1) is 19.1. The van der Waals surface area contributed by atoms with E-state index in [1.165, 1.54) is 0 Å². The molecule has 0 aliphatic carbocycles. The van der Waals surface area contributed by atoms with Crippen molar-refractivity contribution in [1.29, 1.82) is 0 Å². The van der Waals surface area contributed by atoms with Gasteiger partial charge in [0.05, 0.1) is 12.4 Å². The second kappa shape index (κ2) is 8.77. The van der Waals surface area contributed by atoms with Crippen LogP contribution in [0, 0.1) is 0 Å². The van der Waals surface area contributed by atoms with E-state index in [1.807, 2.05) is 30.0 Å². The van der Waals surface area contributed by atoms with E-state index in [0.29, 0.717) is 24.4 Å². The SMILES string of the molecule is CCOc1ccccc1C1SCC(=O)N1CCN(C(C)C)C(C)C. The Morgan fingerprint density at radius 1 is 1.25 bits per heavy atom. The highest BCUT2D eigenvalue weighted by Gasteiger charge is 2.34. The molecule has 0 N–H and O–H groups in total. The van der Waals surface area contributed by atoms with Gasteiger partial charge in [-0.1, -0.05) is 18.2 Å². The molecule has 1 atom stereocenters. The second-order valence-electron chi connectivity index (χ2n) is 6.65. The van der Waals surface area contributed by atoms with Crippen LogP contribution in [0.4, 0.5) is 0 Å². The van der Waals surface area contributed by atoms with Crippen LogP contribution >= 0.6 is 11.8 Å². The maximum atomic E-state index is 12.4. The average Bonchev–Trinajstić information content (AvgIpc) is 2.89. The minimum Gasteiger partial charge on any atom is -0.493 e. The van der Waals surface area contributed by atoms with Gasteiger partial charge in [0.1, 0.15) is 11.1 Å². The van der Waals surface area contributed by atoms with Crippen molar-refractivity contribution in [1.82, 2.24) is 9.80 Å². The van der Waals surface area contributed by atoms with E-state index in [-0.39, 0.29) is 11.3 Å². The molecule has 1 aliphatic rings. The van der Waals surface area contributed by atoms with Gasteiger partial charge >= 0.3 is 0 Å². The van der Waals surface area contributed by atoms with Crippen molar-refractivity contribution in [2.75, 3.05) is 25.4 Å². The van der Waals surface area contributed by atoms with E-state index in [0.717, 1.165) is 24.4 Å². The number of para-hydroxylation sites is 1. The zero-order valence-corrected chi connectivity index (χ0v) is 16.3. The summed E-state index contributed by atoms with van der Waals surface area (Å²) in [7, 11) is 0. The van der Waals surface area contributed by atoms with Crippen LogP contribution in [0.15, 0.2) is 24.3 Å². The van der Waals surface area contributed by atoms with Crippen molar-refractivity contribution >= 4 is 17.7 Å². The number of hydrogen-bond acceptors (Lipinski definition) is 4. The lowest BCUT2D eigenvalue weighted by molar-refractivity contribution is -0.128. The molecule has 1 amide bonds. The van der Waals surface area contributed by atoms with Gasteiger partial charge in [0.2, 0.25) is 5.91 Å². The van der Waals surface area contributed by atoms with Gasteiger partial charge in [-0.25, -0.2) is 0 Å². The van der Waals surface area contributed by atoms with Crippen LogP contribution in [0.1, 0.15) is 45.6 Å². The predicted molar refractivity (Wildman–Crippen MR) is 102 cm³/mol. The molecule has 1 aromatic carbocycles. The Balaban J connectivity index is 2.15. The van der Waals surface area contributed by atoms with Gasteiger partial charge in [-0.05, 0) is 40.7 Å². The predicted octanol–water partition coefficient (Wildman–Crippen LogP) is 3.78. The van der Waals surface area contributed by atoms with Crippen LogP contribution in [0.3, 0.4) is 0 Å². The minimum atomic E-state index is 0.0569. The number of carbonyl (C=O) groups excluding carboxylic acids is 1. The first-order valence-electron chi connectivity index (χ1n) is 8.84. The molecular weight excluding hydrogens is 320 g/mol. The number of amides is 1. The first-order valence-corrected chi connectivity index (χ1v) is 9.89.